The molecule has 0 amide bonds. The van der Waals surface area contributed by atoms with E-state index in [2.05, 4.69) is 52.5 Å². The quantitative estimate of drug-likeness (QED) is 0.608. The van der Waals surface area contributed by atoms with Crippen LogP contribution in [-0.4, -0.2) is 0 Å². The van der Waals surface area contributed by atoms with E-state index in [9.17, 15) is 0 Å². The number of hydrogen-bond acceptors (Lipinski definition) is 2. The van der Waals surface area contributed by atoms with Crippen LogP contribution in [-0.2, 0) is 6.42 Å². The van der Waals surface area contributed by atoms with Crippen molar-refractivity contribution in [3.8, 4) is 0 Å². The van der Waals surface area contributed by atoms with E-state index in [4.69, 9.17) is 17.4 Å². The van der Waals surface area contributed by atoms with Gasteiger partial charge in [-0.2, -0.15) is 0 Å². The second-order valence-corrected chi connectivity index (χ2v) is 6.05. The van der Waals surface area contributed by atoms with Crippen molar-refractivity contribution in [3.05, 3.63) is 68.7 Å². The minimum absolute atomic E-state index is 0.0834. The van der Waals surface area contributed by atoms with Crippen LogP contribution in [0.15, 0.2) is 46.9 Å². The summed E-state index contributed by atoms with van der Waals surface area (Å²) < 4.78 is 0.991. The Hall–Kier alpha value is -0.870. The molecule has 0 saturated carbocycles. The number of benzene rings is 2. The molecule has 2 rings (SSSR count). The summed E-state index contributed by atoms with van der Waals surface area (Å²) in [5.74, 6) is 5.77. The molecule has 0 fully saturated rings. The number of rotatable bonds is 5. The van der Waals surface area contributed by atoms with Gasteiger partial charge in [0.05, 0.1) is 6.04 Å². The third-order valence-corrected chi connectivity index (χ3v) is 4.22. The molecule has 106 valence electrons. The lowest BCUT2D eigenvalue weighted by Gasteiger charge is -2.19. The standard InChI is InChI=1S/C16H18BrClN2/c1-2-4-11-5-3-6-12(9-11)16(20-19)14-10-13(18)7-8-15(14)17/h3,5-10,16,20H,2,4,19H2,1H3. The van der Waals surface area contributed by atoms with E-state index < -0.39 is 0 Å². The van der Waals surface area contributed by atoms with Crippen LogP contribution >= 0.6 is 27.5 Å². The first-order valence-electron chi connectivity index (χ1n) is 6.65. The predicted octanol–water partition coefficient (Wildman–Crippen LogP) is 4.61. The Balaban J connectivity index is 2.41. The van der Waals surface area contributed by atoms with Gasteiger partial charge in [-0.1, -0.05) is 65.1 Å². The summed E-state index contributed by atoms with van der Waals surface area (Å²) in [4.78, 5) is 0. The van der Waals surface area contributed by atoms with Crippen LogP contribution in [0.2, 0.25) is 5.02 Å². The highest BCUT2D eigenvalue weighted by Gasteiger charge is 2.16. The number of halogens is 2. The SMILES string of the molecule is CCCc1cccc(C(NN)c2cc(Cl)ccc2Br)c1. The van der Waals surface area contributed by atoms with Crippen molar-refractivity contribution in [2.24, 2.45) is 5.84 Å². The van der Waals surface area contributed by atoms with Crippen LogP contribution in [0.3, 0.4) is 0 Å². The molecule has 4 heteroatoms. The summed E-state index contributed by atoms with van der Waals surface area (Å²) >= 11 is 9.66. The second-order valence-electron chi connectivity index (χ2n) is 4.76. The van der Waals surface area contributed by atoms with E-state index in [0.29, 0.717) is 5.02 Å². The topological polar surface area (TPSA) is 38.0 Å². The molecule has 0 aliphatic carbocycles. The average molecular weight is 354 g/mol. The first-order valence-corrected chi connectivity index (χ1v) is 7.82. The van der Waals surface area contributed by atoms with Gasteiger partial charge in [0.2, 0.25) is 0 Å². The van der Waals surface area contributed by atoms with Crippen LogP contribution in [0.5, 0.6) is 0 Å². The van der Waals surface area contributed by atoms with Crippen LogP contribution < -0.4 is 11.3 Å². The maximum Gasteiger partial charge on any atom is 0.0721 e. The maximum atomic E-state index is 6.10. The van der Waals surface area contributed by atoms with Crippen molar-refractivity contribution in [2.45, 2.75) is 25.8 Å². The largest absolute Gasteiger partial charge is 0.271 e. The minimum atomic E-state index is -0.0834. The highest BCUT2D eigenvalue weighted by Crippen LogP contribution is 2.30. The number of nitrogens with one attached hydrogen (secondary N) is 1. The molecule has 0 radical (unpaired) electrons. The maximum absolute atomic E-state index is 6.10. The molecule has 2 aromatic carbocycles. The van der Waals surface area contributed by atoms with Crippen LogP contribution in [0.4, 0.5) is 0 Å². The third kappa shape index (κ3) is 3.61. The smallest absolute Gasteiger partial charge is 0.0721 e. The highest BCUT2D eigenvalue weighted by molar-refractivity contribution is 9.10. The monoisotopic (exact) mass is 352 g/mol. The predicted molar refractivity (Wildman–Crippen MR) is 88.8 cm³/mol. The Labute approximate surface area is 133 Å². The van der Waals surface area contributed by atoms with E-state index in [1.54, 1.807) is 0 Å². The molecule has 0 aliphatic heterocycles. The number of hydrogen-bond donors (Lipinski definition) is 2. The fraction of sp³-hybridized carbons (Fsp3) is 0.250. The summed E-state index contributed by atoms with van der Waals surface area (Å²) in [6.07, 6.45) is 2.20. The normalized spacial score (nSPS) is 12.4. The summed E-state index contributed by atoms with van der Waals surface area (Å²) in [6, 6.07) is 14.1. The van der Waals surface area contributed by atoms with Crippen molar-refractivity contribution in [3.63, 3.8) is 0 Å². The molecule has 0 aromatic heterocycles. The van der Waals surface area contributed by atoms with Crippen LogP contribution in [0, 0.1) is 0 Å². The van der Waals surface area contributed by atoms with Gasteiger partial charge < -0.3 is 0 Å². The Morgan fingerprint density at radius 1 is 1.25 bits per heavy atom. The average Bonchev–Trinajstić information content (AvgIpc) is 2.44. The zero-order valence-electron chi connectivity index (χ0n) is 11.4. The van der Waals surface area contributed by atoms with Gasteiger partial charge in [-0.05, 0) is 41.3 Å². The molecule has 3 N–H and O–H groups in total. The number of hydrazine groups is 1. The van der Waals surface area contributed by atoms with Crippen molar-refractivity contribution < 1.29 is 0 Å². The fourth-order valence-corrected chi connectivity index (χ4v) is 2.97. The molecular weight excluding hydrogens is 336 g/mol. The zero-order valence-corrected chi connectivity index (χ0v) is 13.7. The van der Waals surface area contributed by atoms with Crippen molar-refractivity contribution >= 4 is 27.5 Å². The Morgan fingerprint density at radius 3 is 2.75 bits per heavy atom. The van der Waals surface area contributed by atoms with Crippen LogP contribution in [0.1, 0.15) is 36.1 Å². The Kier molecular flexibility index (Phi) is 5.61. The molecule has 0 saturated heterocycles. The zero-order chi connectivity index (χ0) is 14.5. The lowest BCUT2D eigenvalue weighted by molar-refractivity contribution is 0.633. The van der Waals surface area contributed by atoms with Crippen molar-refractivity contribution in [1.82, 2.24) is 5.43 Å². The molecule has 20 heavy (non-hydrogen) atoms. The fourth-order valence-electron chi connectivity index (χ4n) is 2.32. The van der Waals surface area contributed by atoms with E-state index in [1.165, 1.54) is 5.56 Å². The molecule has 0 bridgehead atoms. The van der Waals surface area contributed by atoms with Gasteiger partial charge in [-0.3, -0.25) is 5.84 Å². The Morgan fingerprint density at radius 2 is 2.05 bits per heavy atom. The van der Waals surface area contributed by atoms with E-state index in [0.717, 1.165) is 28.4 Å². The van der Waals surface area contributed by atoms with Crippen LogP contribution in [0.25, 0.3) is 0 Å². The molecule has 0 heterocycles. The van der Waals surface area contributed by atoms with Gasteiger partial charge in [0.15, 0.2) is 0 Å². The lowest BCUT2D eigenvalue weighted by atomic mass is 9.96. The first kappa shape index (κ1) is 15.5. The van der Waals surface area contributed by atoms with Gasteiger partial charge in [0.1, 0.15) is 0 Å². The van der Waals surface area contributed by atoms with Gasteiger partial charge in [0.25, 0.3) is 0 Å². The van der Waals surface area contributed by atoms with Gasteiger partial charge in [0, 0.05) is 9.50 Å². The summed E-state index contributed by atoms with van der Waals surface area (Å²) in [6.45, 7) is 2.18. The molecule has 1 atom stereocenters. The second kappa shape index (κ2) is 7.23. The summed E-state index contributed by atoms with van der Waals surface area (Å²) in [7, 11) is 0. The number of nitrogens with two attached hydrogens (primary N) is 1. The highest BCUT2D eigenvalue weighted by atomic mass is 79.9. The van der Waals surface area contributed by atoms with Crippen molar-refractivity contribution in [2.75, 3.05) is 0 Å². The molecular formula is C16H18BrClN2. The minimum Gasteiger partial charge on any atom is -0.271 e. The number of aryl methyl sites for hydroxylation is 1. The molecule has 2 nitrogen and oxygen atoms in total. The van der Waals surface area contributed by atoms with Gasteiger partial charge in [-0.25, -0.2) is 5.43 Å². The molecule has 0 spiro atoms. The lowest BCUT2D eigenvalue weighted by Crippen LogP contribution is -2.29. The van der Waals surface area contributed by atoms with Gasteiger partial charge in [-0.15, -0.1) is 0 Å². The Bertz CT molecular complexity index is 586. The third-order valence-electron chi connectivity index (χ3n) is 3.26. The first-order chi connectivity index (χ1) is 9.65. The van der Waals surface area contributed by atoms with Crippen molar-refractivity contribution in [1.29, 1.82) is 0 Å². The molecule has 1 unspecified atom stereocenters. The van der Waals surface area contributed by atoms with Gasteiger partial charge >= 0.3 is 0 Å². The summed E-state index contributed by atoms with van der Waals surface area (Å²) in [5, 5.41) is 0.702. The summed E-state index contributed by atoms with van der Waals surface area (Å²) in [5.41, 5.74) is 6.38. The molecule has 0 aliphatic rings. The van der Waals surface area contributed by atoms with E-state index in [1.807, 2.05) is 18.2 Å². The molecule has 2 aromatic rings. The van der Waals surface area contributed by atoms with E-state index >= 15 is 0 Å². The van der Waals surface area contributed by atoms with E-state index in [-0.39, 0.29) is 6.04 Å².